The Balaban J connectivity index is 0.00000612. The van der Waals surface area contributed by atoms with Gasteiger partial charge in [-0.1, -0.05) is 127 Å². The van der Waals surface area contributed by atoms with Gasteiger partial charge >= 0.3 is 35.5 Å². The Kier molecular flexibility index (Phi) is 16.1. The molecule has 0 fully saturated rings. The molecule has 192 valence electrons. The summed E-state index contributed by atoms with van der Waals surface area (Å²) in [5.41, 5.74) is 0.197. The number of unbranched alkanes of at least 4 members (excludes halogenated alkanes) is 13. The molecule has 2 N–H and O–H groups in total. The predicted molar refractivity (Wildman–Crippen MR) is 146 cm³/mol. The minimum atomic E-state index is -4.53. The first-order valence-electron chi connectivity index (χ1n) is 13.1. The van der Waals surface area contributed by atoms with E-state index in [0.29, 0.717) is 18.2 Å². The Hall–Kier alpha value is -0.920. The summed E-state index contributed by atoms with van der Waals surface area (Å²) in [7, 11) is -4.53. The van der Waals surface area contributed by atoms with Crippen LogP contribution in [-0.4, -0.2) is 53.6 Å². The zero-order valence-electron chi connectivity index (χ0n) is 20.7. The molecule has 0 radical (unpaired) electrons. The Morgan fingerprint density at radius 3 is 1.74 bits per heavy atom. The quantitative estimate of drug-likeness (QED) is 0.122. The second-order valence-electron chi connectivity index (χ2n) is 9.45. The summed E-state index contributed by atoms with van der Waals surface area (Å²) in [6.45, 7) is 2.25. The molecular formula is C28H43NaO5S. The summed E-state index contributed by atoms with van der Waals surface area (Å²) in [4.78, 5) is 11.8. The van der Waals surface area contributed by atoms with Gasteiger partial charge in [-0.15, -0.1) is 0 Å². The van der Waals surface area contributed by atoms with Crippen molar-refractivity contribution in [3.63, 3.8) is 0 Å². The van der Waals surface area contributed by atoms with Gasteiger partial charge in [0.15, 0.2) is 0 Å². The van der Waals surface area contributed by atoms with Gasteiger partial charge in [-0.25, -0.2) is 0 Å². The average molecular weight is 515 g/mol. The number of carboxylic acids is 1. The fourth-order valence-corrected chi connectivity index (χ4v) is 5.56. The number of aliphatic carboxylic acids is 1. The van der Waals surface area contributed by atoms with E-state index in [1.165, 1.54) is 70.3 Å². The first kappa shape index (κ1) is 32.1. The molecular weight excluding hydrogens is 471 g/mol. The molecule has 2 aromatic rings. The van der Waals surface area contributed by atoms with Crippen molar-refractivity contribution in [3.8, 4) is 0 Å². The van der Waals surface area contributed by atoms with Gasteiger partial charge in [0.05, 0.1) is 10.8 Å². The maximum atomic E-state index is 12.1. The van der Waals surface area contributed by atoms with Crippen molar-refractivity contribution in [2.75, 3.05) is 0 Å². The van der Waals surface area contributed by atoms with Gasteiger partial charge in [0.2, 0.25) is 0 Å². The summed E-state index contributed by atoms with van der Waals surface area (Å²) in [6.07, 6.45) is 17.4. The van der Waals surface area contributed by atoms with Crippen LogP contribution in [0, 0.1) is 0 Å². The molecule has 0 aliphatic heterocycles. The Labute approximate surface area is 234 Å². The Morgan fingerprint density at radius 1 is 0.771 bits per heavy atom. The van der Waals surface area contributed by atoms with Gasteiger partial charge in [-0.3, -0.25) is 9.35 Å². The van der Waals surface area contributed by atoms with Crippen LogP contribution in [0.3, 0.4) is 0 Å². The van der Waals surface area contributed by atoms with Gasteiger partial charge in [-0.2, -0.15) is 8.42 Å². The first-order valence-corrected chi connectivity index (χ1v) is 14.5. The molecule has 7 heteroatoms. The van der Waals surface area contributed by atoms with E-state index in [2.05, 4.69) is 6.92 Å². The average Bonchev–Trinajstić information content (AvgIpc) is 2.80. The molecule has 0 aliphatic rings. The molecule has 35 heavy (non-hydrogen) atoms. The third kappa shape index (κ3) is 11.3. The van der Waals surface area contributed by atoms with Crippen molar-refractivity contribution < 1.29 is 22.9 Å². The third-order valence-corrected chi connectivity index (χ3v) is 7.61. The van der Waals surface area contributed by atoms with Crippen LogP contribution in [0.15, 0.2) is 41.3 Å². The standard InChI is InChI=1S/C28H42O5S.Na.H/c1-2-3-4-5-6-7-8-9-10-11-12-13-14-15-20-25(28(29)30)27-24-19-17-16-18-23(24)21-22-26(27)34(31,32)33;;/h16-19,21-22,25H,2-15,20H2,1H3,(H,29,30)(H,31,32,33);;. The van der Waals surface area contributed by atoms with Gasteiger partial charge in [0, 0.05) is 0 Å². The number of carbonyl (C=O) groups is 1. The molecule has 5 nitrogen and oxygen atoms in total. The number of benzene rings is 2. The molecule has 1 atom stereocenters. The van der Waals surface area contributed by atoms with Gasteiger partial charge in [-0.05, 0) is 28.8 Å². The van der Waals surface area contributed by atoms with E-state index in [1.54, 1.807) is 18.2 Å². The summed E-state index contributed by atoms with van der Waals surface area (Å²) in [6, 6.07) is 10.0. The summed E-state index contributed by atoms with van der Waals surface area (Å²) in [5, 5.41) is 11.2. The van der Waals surface area contributed by atoms with Gasteiger partial charge < -0.3 is 5.11 Å². The molecule has 0 aromatic heterocycles. The third-order valence-electron chi connectivity index (χ3n) is 6.70. The zero-order valence-corrected chi connectivity index (χ0v) is 21.5. The van der Waals surface area contributed by atoms with Crippen LogP contribution in [0.25, 0.3) is 10.8 Å². The van der Waals surface area contributed by atoms with Crippen LogP contribution in [0.2, 0.25) is 0 Å². The van der Waals surface area contributed by atoms with E-state index in [0.717, 1.165) is 24.6 Å². The van der Waals surface area contributed by atoms with Crippen LogP contribution >= 0.6 is 0 Å². The number of carboxylic acid groups (broad SMARTS) is 1. The normalized spacial score (nSPS) is 12.4. The van der Waals surface area contributed by atoms with E-state index in [1.807, 2.05) is 12.1 Å². The number of hydrogen-bond donors (Lipinski definition) is 2. The van der Waals surface area contributed by atoms with E-state index in [-0.39, 0.29) is 40.0 Å². The molecule has 0 saturated heterocycles. The molecule has 0 saturated carbocycles. The van der Waals surface area contributed by atoms with E-state index < -0.39 is 22.0 Å². The van der Waals surface area contributed by atoms with Gasteiger partial charge in [0.25, 0.3) is 10.1 Å². The monoisotopic (exact) mass is 514 g/mol. The molecule has 2 rings (SSSR count). The van der Waals surface area contributed by atoms with Crippen molar-refractivity contribution >= 4 is 56.4 Å². The SMILES string of the molecule is CCCCCCCCCCCCCCCCC(C(=O)O)c1c(S(=O)(=O)O)ccc2ccccc12.[NaH]. The van der Waals surface area contributed by atoms with Crippen LogP contribution in [0.4, 0.5) is 0 Å². The van der Waals surface area contributed by atoms with Crippen LogP contribution in [-0.2, 0) is 14.9 Å². The number of fused-ring (bicyclic) bond motifs is 1. The Morgan fingerprint density at radius 2 is 1.26 bits per heavy atom. The summed E-state index contributed by atoms with van der Waals surface area (Å²) in [5.74, 6) is -2.03. The number of rotatable bonds is 18. The van der Waals surface area contributed by atoms with Gasteiger partial charge in [0.1, 0.15) is 0 Å². The number of hydrogen-bond acceptors (Lipinski definition) is 3. The predicted octanol–water partition coefficient (Wildman–Crippen LogP) is 7.48. The van der Waals surface area contributed by atoms with E-state index in [9.17, 15) is 22.9 Å². The minimum absolute atomic E-state index is 0. The summed E-state index contributed by atoms with van der Waals surface area (Å²) < 4.78 is 33.7. The van der Waals surface area contributed by atoms with Crippen LogP contribution in [0.5, 0.6) is 0 Å². The molecule has 2 aromatic carbocycles. The van der Waals surface area contributed by atoms with E-state index >= 15 is 0 Å². The second kappa shape index (κ2) is 17.5. The second-order valence-corrected chi connectivity index (χ2v) is 10.8. The Bertz CT molecular complexity index is 990. The fourth-order valence-electron chi connectivity index (χ4n) is 4.79. The van der Waals surface area contributed by atoms with Crippen LogP contribution < -0.4 is 0 Å². The van der Waals surface area contributed by atoms with Crippen molar-refractivity contribution in [2.24, 2.45) is 0 Å². The molecule has 0 heterocycles. The summed E-state index contributed by atoms with van der Waals surface area (Å²) >= 11 is 0. The van der Waals surface area contributed by atoms with Crippen molar-refractivity contribution in [1.82, 2.24) is 0 Å². The fraction of sp³-hybridized carbons (Fsp3) is 0.607. The molecule has 0 bridgehead atoms. The molecule has 0 spiro atoms. The molecule has 0 aliphatic carbocycles. The first-order chi connectivity index (χ1) is 16.4. The maximum absolute atomic E-state index is 12.1. The van der Waals surface area contributed by atoms with Crippen LogP contribution in [0.1, 0.15) is 115 Å². The van der Waals surface area contributed by atoms with Crippen molar-refractivity contribution in [3.05, 3.63) is 42.0 Å². The van der Waals surface area contributed by atoms with E-state index in [4.69, 9.17) is 0 Å². The van der Waals surface area contributed by atoms with Crippen molar-refractivity contribution in [1.29, 1.82) is 0 Å². The molecule has 1 unspecified atom stereocenters. The van der Waals surface area contributed by atoms with Crippen molar-refractivity contribution in [2.45, 2.75) is 114 Å². The zero-order chi connectivity index (χ0) is 24.8. The molecule has 0 amide bonds. The topological polar surface area (TPSA) is 91.7 Å².